The molecule has 26 heavy (non-hydrogen) atoms. The van der Waals surface area contributed by atoms with Gasteiger partial charge in [-0.05, 0) is 0 Å². The zero-order valence-electron chi connectivity index (χ0n) is 15.6. The van der Waals surface area contributed by atoms with Crippen LogP contribution >= 0.6 is 0 Å². The van der Waals surface area contributed by atoms with Gasteiger partial charge in [0.05, 0.1) is 0 Å². The molecule has 3 aliphatic rings. The van der Waals surface area contributed by atoms with Crippen LogP contribution in [0.2, 0.25) is 0 Å². The van der Waals surface area contributed by atoms with E-state index in [1.807, 2.05) is 18.5 Å². The zero-order valence-corrected chi connectivity index (χ0v) is 20.1. The molecule has 3 aliphatic heterocycles. The summed E-state index contributed by atoms with van der Waals surface area (Å²) < 4.78 is 14.7. The van der Waals surface area contributed by atoms with Gasteiger partial charge in [-0.2, -0.15) is 0 Å². The number of anilines is 1. The molecule has 6 nitrogen and oxygen atoms in total. The summed E-state index contributed by atoms with van der Waals surface area (Å²) in [5.74, 6) is 0. The molecule has 0 aromatic heterocycles. The molecule has 4 rings (SSSR count). The first-order valence-corrected chi connectivity index (χ1v) is 10.8. The van der Waals surface area contributed by atoms with E-state index in [2.05, 4.69) is 64.1 Å². The molecule has 1 aromatic rings. The molecular formula is C18H22BN4O2Tl. The molecule has 1 unspecified atom stereocenters. The number of fused-ring (bicyclic) bond motifs is 1. The fourth-order valence-corrected chi connectivity index (χ4v) is 4.76. The van der Waals surface area contributed by atoms with E-state index in [1.165, 1.54) is 11.3 Å². The van der Waals surface area contributed by atoms with E-state index in [0.29, 0.717) is 32.6 Å². The summed E-state index contributed by atoms with van der Waals surface area (Å²) in [7, 11) is -0.355. The number of hydrogen-bond donors (Lipinski definition) is 1. The summed E-state index contributed by atoms with van der Waals surface area (Å²) in [5, 5.41) is 0. The molecule has 0 spiro atoms. The Bertz CT molecular complexity index is 805. The van der Waals surface area contributed by atoms with E-state index < -0.39 is 0 Å². The first-order chi connectivity index (χ1) is 12.3. The minimum absolute atomic E-state index is 0.0373. The number of rotatable bonds is 2. The van der Waals surface area contributed by atoms with Crippen molar-refractivity contribution in [3.63, 3.8) is 0 Å². The third-order valence-electron chi connectivity index (χ3n) is 5.50. The minimum atomic E-state index is -0.355. The Kier molecular flexibility index (Phi) is 4.61. The molecule has 1 atom stereocenters. The van der Waals surface area contributed by atoms with E-state index in [-0.39, 0.29) is 24.4 Å². The summed E-state index contributed by atoms with van der Waals surface area (Å²) in [6, 6.07) is 6.49. The van der Waals surface area contributed by atoms with E-state index in [0.717, 1.165) is 11.2 Å². The first-order valence-electron chi connectivity index (χ1n) is 8.81. The van der Waals surface area contributed by atoms with Gasteiger partial charge in [-0.3, -0.25) is 0 Å². The van der Waals surface area contributed by atoms with E-state index in [4.69, 9.17) is 9.31 Å². The number of hydrazine groups is 1. The molecule has 1 saturated heterocycles. The molecule has 0 radical (unpaired) electrons. The monoisotopic (exact) mass is 542 g/mol. The van der Waals surface area contributed by atoms with E-state index in [9.17, 15) is 0 Å². The van der Waals surface area contributed by atoms with Gasteiger partial charge in [-0.15, -0.1) is 0 Å². The molecule has 3 heterocycles. The number of benzene rings is 1. The van der Waals surface area contributed by atoms with Crippen molar-refractivity contribution < 1.29 is 9.31 Å². The van der Waals surface area contributed by atoms with Crippen LogP contribution in [0.1, 0.15) is 39.3 Å². The van der Waals surface area contributed by atoms with Crippen molar-refractivity contribution in [2.24, 2.45) is 9.98 Å². The SMILES string of the molecule is CC1(C)OB(c2ccc3c(c2)C(C2=NCC=NC=C2)N[N]3[Tl])OC1(C)C. The molecule has 0 saturated carbocycles. The van der Waals surface area contributed by atoms with Gasteiger partial charge in [0.25, 0.3) is 0 Å². The third kappa shape index (κ3) is 3.08. The standard InChI is InChI=1S/C18H22BN4O2.Tl/c1-17(2)18(3,4)25-19(24-17)12-5-6-14-13(11-12)16(23-22-14)15-7-8-20-9-10-21-15;/h5-9,11,16,23H,10H2,1-4H3;/q-1;+1. The Morgan fingerprint density at radius 3 is 2.69 bits per heavy atom. The van der Waals surface area contributed by atoms with Crippen molar-refractivity contribution in [3.8, 4) is 0 Å². The maximum atomic E-state index is 6.23. The van der Waals surface area contributed by atoms with Gasteiger partial charge in [0.2, 0.25) is 0 Å². The van der Waals surface area contributed by atoms with Gasteiger partial charge in [0.15, 0.2) is 0 Å². The van der Waals surface area contributed by atoms with Crippen molar-refractivity contribution in [2.75, 3.05) is 9.36 Å². The molecule has 0 amide bonds. The Morgan fingerprint density at radius 2 is 1.96 bits per heavy atom. The van der Waals surface area contributed by atoms with Gasteiger partial charge in [-0.25, -0.2) is 0 Å². The van der Waals surface area contributed by atoms with Crippen molar-refractivity contribution in [2.45, 2.75) is 44.9 Å². The second kappa shape index (κ2) is 6.54. The van der Waals surface area contributed by atoms with Crippen molar-refractivity contribution in [3.05, 3.63) is 36.0 Å². The Labute approximate surface area is 171 Å². The van der Waals surface area contributed by atoms with Gasteiger partial charge in [0, 0.05) is 0 Å². The van der Waals surface area contributed by atoms with Crippen LogP contribution < -0.4 is 13.7 Å². The van der Waals surface area contributed by atoms with Gasteiger partial charge < -0.3 is 0 Å². The predicted molar refractivity (Wildman–Crippen MR) is 106 cm³/mol. The molecular weight excluding hydrogens is 519 g/mol. The van der Waals surface area contributed by atoms with Crippen LogP contribution in [-0.4, -0.2) is 62.9 Å². The topological polar surface area (TPSA) is 58.5 Å². The fraction of sp³-hybridized carbons (Fsp3) is 0.444. The predicted octanol–water partition coefficient (Wildman–Crippen LogP) is 1.47. The third-order valence-corrected chi connectivity index (χ3v) is 7.16. The normalized spacial score (nSPS) is 26.0. The molecule has 8 heteroatoms. The van der Waals surface area contributed by atoms with Crippen LogP contribution in [0.4, 0.5) is 5.69 Å². The average molecular weight is 542 g/mol. The second-order valence-corrected chi connectivity index (χ2v) is 9.76. The van der Waals surface area contributed by atoms with Crippen LogP contribution in [0, 0.1) is 0 Å². The van der Waals surface area contributed by atoms with Crippen LogP contribution in [0.5, 0.6) is 0 Å². The number of nitrogens with one attached hydrogen (secondary N) is 1. The van der Waals surface area contributed by atoms with Crippen LogP contribution in [-0.2, 0) is 9.31 Å². The van der Waals surface area contributed by atoms with Gasteiger partial charge >= 0.3 is 171 Å². The van der Waals surface area contributed by atoms with E-state index in [1.54, 1.807) is 0 Å². The summed E-state index contributed by atoms with van der Waals surface area (Å²) in [6.45, 7) is 8.93. The maximum absolute atomic E-state index is 6.23. The molecule has 0 bridgehead atoms. The van der Waals surface area contributed by atoms with Crippen LogP contribution in [0.25, 0.3) is 0 Å². The molecule has 1 fully saturated rings. The van der Waals surface area contributed by atoms with Crippen molar-refractivity contribution in [1.82, 2.24) is 5.43 Å². The Balaban J connectivity index is 1.68. The summed E-state index contributed by atoms with van der Waals surface area (Å²) >= 11 is 0.651. The molecule has 0 aliphatic carbocycles. The van der Waals surface area contributed by atoms with Crippen molar-refractivity contribution >= 4 is 56.3 Å². The number of nitrogens with zero attached hydrogens (tertiary/aromatic N) is 3. The molecule has 132 valence electrons. The van der Waals surface area contributed by atoms with Crippen LogP contribution in [0.15, 0.2) is 40.5 Å². The summed E-state index contributed by atoms with van der Waals surface area (Å²) in [5.41, 5.74) is 7.34. The molecule has 1 aromatic carbocycles. The fourth-order valence-electron chi connectivity index (χ4n) is 3.27. The first kappa shape index (κ1) is 18.3. The van der Waals surface area contributed by atoms with E-state index >= 15 is 0 Å². The number of hydrogen-bond acceptors (Lipinski definition) is 6. The van der Waals surface area contributed by atoms with Crippen LogP contribution in [0.3, 0.4) is 0 Å². The Hall–Kier alpha value is -1.03. The number of aliphatic imine (C=N–C) groups is 2. The average Bonchev–Trinajstić information content (AvgIpc) is 2.88. The second-order valence-electron chi connectivity index (χ2n) is 7.75. The zero-order chi connectivity index (χ0) is 18.5. The quantitative estimate of drug-likeness (QED) is 0.577. The molecule has 1 N–H and O–H groups in total. The van der Waals surface area contributed by atoms with Gasteiger partial charge in [0.1, 0.15) is 0 Å². The summed E-state index contributed by atoms with van der Waals surface area (Å²) in [6.07, 6.45) is 5.61. The Morgan fingerprint density at radius 1 is 1.23 bits per heavy atom. The summed E-state index contributed by atoms with van der Waals surface area (Å²) in [4.78, 5) is 8.85. The van der Waals surface area contributed by atoms with Crippen molar-refractivity contribution in [1.29, 1.82) is 0 Å². The van der Waals surface area contributed by atoms with Gasteiger partial charge in [-0.1, -0.05) is 0 Å².